The van der Waals surface area contributed by atoms with Gasteiger partial charge >= 0.3 is 0 Å². The number of carbonyl (C=O) groups excluding carboxylic acids is 1. The summed E-state index contributed by atoms with van der Waals surface area (Å²) in [5.41, 5.74) is 8.06. The molecule has 0 aliphatic carbocycles. The second-order valence-corrected chi connectivity index (χ2v) is 5.84. The molecule has 4 heteroatoms. The van der Waals surface area contributed by atoms with Gasteiger partial charge in [0.05, 0.1) is 12.1 Å². The Kier molecular flexibility index (Phi) is 7.84. The van der Waals surface area contributed by atoms with Gasteiger partial charge in [-0.25, -0.2) is 0 Å². The van der Waals surface area contributed by atoms with Gasteiger partial charge in [-0.3, -0.25) is 4.79 Å². The molecule has 2 atom stereocenters. The standard InChI is InChI=1S/C16H26N2O.ClH/c1-10(2)13-6-8-14(9-7-13)15(11(3)4)18-16(19)12(5)17;/h6-12,15H,17H2,1-5H3,(H,18,19);1H/t12-,15?;/m0./s1. The summed E-state index contributed by atoms with van der Waals surface area (Å²) in [6.45, 7) is 10.2. The minimum Gasteiger partial charge on any atom is -0.348 e. The molecule has 1 aromatic rings. The molecule has 0 heterocycles. The van der Waals surface area contributed by atoms with E-state index in [1.54, 1.807) is 6.92 Å². The molecule has 0 fully saturated rings. The Morgan fingerprint density at radius 3 is 1.80 bits per heavy atom. The molecule has 0 radical (unpaired) electrons. The zero-order valence-corrected chi connectivity index (χ0v) is 13.8. The second kappa shape index (κ2) is 8.28. The Labute approximate surface area is 128 Å². The first-order chi connectivity index (χ1) is 8.82. The van der Waals surface area contributed by atoms with Crippen LogP contribution in [0.15, 0.2) is 24.3 Å². The van der Waals surface area contributed by atoms with Crippen LogP contribution in [0.25, 0.3) is 0 Å². The number of nitrogens with one attached hydrogen (secondary N) is 1. The SMILES string of the molecule is CC(C)c1ccc(C(NC(=O)[C@H](C)N)C(C)C)cc1.Cl. The molecular weight excluding hydrogens is 272 g/mol. The van der Waals surface area contributed by atoms with Crippen molar-refractivity contribution >= 4 is 18.3 Å². The fourth-order valence-electron chi connectivity index (χ4n) is 2.01. The Bertz CT molecular complexity index is 413. The minimum absolute atomic E-state index is 0. The van der Waals surface area contributed by atoms with Gasteiger partial charge in [-0.2, -0.15) is 0 Å². The van der Waals surface area contributed by atoms with Crippen LogP contribution in [0.1, 0.15) is 57.7 Å². The summed E-state index contributed by atoms with van der Waals surface area (Å²) >= 11 is 0. The summed E-state index contributed by atoms with van der Waals surface area (Å²) in [4.78, 5) is 11.8. The van der Waals surface area contributed by atoms with E-state index in [1.165, 1.54) is 5.56 Å². The zero-order chi connectivity index (χ0) is 14.6. The largest absolute Gasteiger partial charge is 0.348 e. The fourth-order valence-corrected chi connectivity index (χ4v) is 2.01. The smallest absolute Gasteiger partial charge is 0.237 e. The van der Waals surface area contributed by atoms with E-state index < -0.39 is 6.04 Å². The molecular formula is C16H27ClN2O. The number of benzene rings is 1. The second-order valence-electron chi connectivity index (χ2n) is 5.84. The van der Waals surface area contributed by atoms with E-state index in [2.05, 4.69) is 57.3 Å². The highest BCUT2D eigenvalue weighted by atomic mass is 35.5. The molecule has 0 aromatic heterocycles. The van der Waals surface area contributed by atoms with Crippen LogP contribution < -0.4 is 11.1 Å². The van der Waals surface area contributed by atoms with Crippen molar-refractivity contribution in [3.8, 4) is 0 Å². The maximum absolute atomic E-state index is 11.8. The number of rotatable bonds is 5. The predicted molar refractivity (Wildman–Crippen MR) is 87.2 cm³/mol. The highest BCUT2D eigenvalue weighted by Crippen LogP contribution is 2.24. The van der Waals surface area contributed by atoms with Crippen molar-refractivity contribution in [1.82, 2.24) is 5.32 Å². The molecule has 0 saturated carbocycles. The summed E-state index contributed by atoms with van der Waals surface area (Å²) in [6.07, 6.45) is 0. The third-order valence-corrected chi connectivity index (χ3v) is 3.34. The van der Waals surface area contributed by atoms with Gasteiger partial charge < -0.3 is 11.1 Å². The minimum atomic E-state index is -0.476. The molecule has 3 nitrogen and oxygen atoms in total. The van der Waals surface area contributed by atoms with Crippen molar-refractivity contribution in [3.63, 3.8) is 0 Å². The molecule has 20 heavy (non-hydrogen) atoms. The highest BCUT2D eigenvalue weighted by molar-refractivity contribution is 5.85. The van der Waals surface area contributed by atoms with Crippen LogP contribution in [-0.2, 0) is 4.79 Å². The van der Waals surface area contributed by atoms with Crippen molar-refractivity contribution in [2.24, 2.45) is 11.7 Å². The molecule has 3 N–H and O–H groups in total. The summed E-state index contributed by atoms with van der Waals surface area (Å²) in [5, 5.41) is 3.02. The van der Waals surface area contributed by atoms with Crippen LogP contribution in [0.4, 0.5) is 0 Å². The van der Waals surface area contributed by atoms with Gasteiger partial charge in [-0.1, -0.05) is 52.0 Å². The van der Waals surface area contributed by atoms with Gasteiger partial charge in [0.2, 0.25) is 5.91 Å². The average molecular weight is 299 g/mol. The molecule has 1 rings (SSSR count). The first-order valence-electron chi connectivity index (χ1n) is 6.98. The van der Waals surface area contributed by atoms with Crippen LogP contribution in [0.5, 0.6) is 0 Å². The van der Waals surface area contributed by atoms with Crippen molar-refractivity contribution in [1.29, 1.82) is 0 Å². The Balaban J connectivity index is 0.00000361. The first-order valence-corrected chi connectivity index (χ1v) is 6.98. The molecule has 0 aliphatic rings. The van der Waals surface area contributed by atoms with Crippen LogP contribution in [0, 0.1) is 5.92 Å². The van der Waals surface area contributed by atoms with Gasteiger partial charge in [0.15, 0.2) is 0 Å². The van der Waals surface area contributed by atoms with E-state index in [4.69, 9.17) is 5.73 Å². The lowest BCUT2D eigenvalue weighted by Gasteiger charge is -2.24. The molecule has 0 spiro atoms. The fraction of sp³-hybridized carbons (Fsp3) is 0.562. The summed E-state index contributed by atoms with van der Waals surface area (Å²) in [7, 11) is 0. The van der Waals surface area contributed by atoms with E-state index in [0.717, 1.165) is 5.56 Å². The average Bonchev–Trinajstić information content (AvgIpc) is 2.35. The maximum Gasteiger partial charge on any atom is 0.237 e. The molecule has 0 bridgehead atoms. The van der Waals surface area contributed by atoms with Crippen molar-refractivity contribution in [2.45, 2.75) is 52.6 Å². The monoisotopic (exact) mass is 298 g/mol. The quantitative estimate of drug-likeness (QED) is 0.875. The molecule has 0 aliphatic heterocycles. The number of halogens is 1. The Morgan fingerprint density at radius 2 is 1.45 bits per heavy atom. The summed E-state index contributed by atoms with van der Waals surface area (Å²) in [6, 6.07) is 8.00. The van der Waals surface area contributed by atoms with Gasteiger partial charge in [0.1, 0.15) is 0 Å². The highest BCUT2D eigenvalue weighted by Gasteiger charge is 2.19. The first kappa shape index (κ1) is 18.9. The number of hydrogen-bond acceptors (Lipinski definition) is 2. The maximum atomic E-state index is 11.8. The zero-order valence-electron chi connectivity index (χ0n) is 13.0. The van der Waals surface area contributed by atoms with E-state index in [1.807, 2.05) is 0 Å². The van der Waals surface area contributed by atoms with E-state index in [9.17, 15) is 4.79 Å². The van der Waals surface area contributed by atoms with Gasteiger partial charge in [0.25, 0.3) is 0 Å². The number of hydrogen-bond donors (Lipinski definition) is 2. The molecule has 114 valence electrons. The van der Waals surface area contributed by atoms with E-state index in [-0.39, 0.29) is 24.4 Å². The topological polar surface area (TPSA) is 55.1 Å². The van der Waals surface area contributed by atoms with Crippen LogP contribution in [0.2, 0.25) is 0 Å². The van der Waals surface area contributed by atoms with Crippen LogP contribution >= 0.6 is 12.4 Å². The number of amides is 1. The van der Waals surface area contributed by atoms with Gasteiger partial charge in [-0.15, -0.1) is 12.4 Å². The van der Waals surface area contributed by atoms with Gasteiger partial charge in [-0.05, 0) is 29.9 Å². The normalized spacial score (nSPS) is 13.8. The third kappa shape index (κ3) is 5.14. The molecule has 1 aromatic carbocycles. The summed E-state index contributed by atoms with van der Waals surface area (Å²) in [5.74, 6) is 0.740. The third-order valence-electron chi connectivity index (χ3n) is 3.34. The van der Waals surface area contributed by atoms with Crippen LogP contribution in [0.3, 0.4) is 0 Å². The number of carbonyl (C=O) groups is 1. The molecule has 0 saturated heterocycles. The lowest BCUT2D eigenvalue weighted by molar-refractivity contribution is -0.123. The molecule has 1 amide bonds. The number of nitrogens with two attached hydrogens (primary N) is 1. The van der Waals surface area contributed by atoms with E-state index in [0.29, 0.717) is 11.8 Å². The van der Waals surface area contributed by atoms with Crippen LogP contribution in [-0.4, -0.2) is 11.9 Å². The lowest BCUT2D eigenvalue weighted by Crippen LogP contribution is -2.41. The van der Waals surface area contributed by atoms with E-state index >= 15 is 0 Å². The summed E-state index contributed by atoms with van der Waals surface area (Å²) < 4.78 is 0. The Hall–Kier alpha value is -1.06. The molecule has 1 unspecified atom stereocenters. The predicted octanol–water partition coefficient (Wildman–Crippen LogP) is 3.39. The Morgan fingerprint density at radius 1 is 1.00 bits per heavy atom. The van der Waals surface area contributed by atoms with Crippen molar-refractivity contribution in [3.05, 3.63) is 35.4 Å². The lowest BCUT2D eigenvalue weighted by atomic mass is 9.93. The van der Waals surface area contributed by atoms with Crippen molar-refractivity contribution in [2.75, 3.05) is 0 Å². The van der Waals surface area contributed by atoms with Crippen molar-refractivity contribution < 1.29 is 4.79 Å². The van der Waals surface area contributed by atoms with Gasteiger partial charge in [0, 0.05) is 0 Å².